The first-order valence-corrected chi connectivity index (χ1v) is 9.61. The first-order chi connectivity index (χ1) is 12.0. The first kappa shape index (κ1) is 18.5. The lowest BCUT2D eigenvalue weighted by Crippen LogP contribution is -2.40. The first-order valence-electron chi connectivity index (χ1n) is 9.24. The number of nitrogens with zero attached hydrogens (tertiary/aromatic N) is 1. The number of aldehydes is 1. The van der Waals surface area contributed by atoms with Gasteiger partial charge in [0.05, 0.1) is 6.10 Å². The molecule has 1 aromatic carbocycles. The molecular formula is C21H28ClNO2. The second kappa shape index (κ2) is 7.51. The zero-order valence-electron chi connectivity index (χ0n) is 15.4. The van der Waals surface area contributed by atoms with Gasteiger partial charge in [0, 0.05) is 35.8 Å². The monoisotopic (exact) mass is 361 g/mol. The van der Waals surface area contributed by atoms with E-state index in [2.05, 4.69) is 24.8 Å². The van der Waals surface area contributed by atoms with E-state index in [0.717, 1.165) is 54.8 Å². The van der Waals surface area contributed by atoms with Gasteiger partial charge < -0.3 is 9.64 Å². The van der Waals surface area contributed by atoms with E-state index in [4.69, 9.17) is 16.3 Å². The molecule has 136 valence electrons. The summed E-state index contributed by atoms with van der Waals surface area (Å²) in [6.45, 7) is 5.41. The number of ether oxygens (including phenoxy) is 1. The molecule has 1 saturated heterocycles. The van der Waals surface area contributed by atoms with E-state index in [0.29, 0.717) is 18.1 Å². The summed E-state index contributed by atoms with van der Waals surface area (Å²) in [7, 11) is 1.81. The quantitative estimate of drug-likeness (QED) is 0.571. The highest BCUT2D eigenvalue weighted by Crippen LogP contribution is 2.55. The Morgan fingerprint density at radius 1 is 1.36 bits per heavy atom. The number of fused-ring (bicyclic) bond motifs is 1. The molecule has 1 saturated carbocycles. The van der Waals surface area contributed by atoms with Crippen LogP contribution in [-0.4, -0.2) is 37.0 Å². The van der Waals surface area contributed by atoms with Crippen LogP contribution < -0.4 is 0 Å². The van der Waals surface area contributed by atoms with Crippen LogP contribution in [-0.2, 0) is 16.0 Å². The maximum Gasteiger partial charge on any atom is 0.144 e. The molecule has 2 fully saturated rings. The fraction of sp³-hybridized carbons (Fsp3) is 0.571. The van der Waals surface area contributed by atoms with Crippen LogP contribution >= 0.6 is 11.6 Å². The van der Waals surface area contributed by atoms with Crippen molar-refractivity contribution in [3.8, 4) is 0 Å². The zero-order valence-corrected chi connectivity index (χ0v) is 16.1. The third-order valence-electron chi connectivity index (χ3n) is 6.29. The summed E-state index contributed by atoms with van der Waals surface area (Å²) < 4.78 is 5.70. The minimum absolute atomic E-state index is 0.107. The van der Waals surface area contributed by atoms with Gasteiger partial charge in [-0.1, -0.05) is 36.7 Å². The number of rotatable bonds is 5. The van der Waals surface area contributed by atoms with Gasteiger partial charge in [0.15, 0.2) is 0 Å². The van der Waals surface area contributed by atoms with Crippen molar-refractivity contribution in [1.29, 1.82) is 0 Å². The Kier molecular flexibility index (Phi) is 5.55. The summed E-state index contributed by atoms with van der Waals surface area (Å²) >= 11 is 6.46. The molecule has 3 nitrogen and oxygen atoms in total. The highest BCUT2D eigenvalue weighted by molar-refractivity contribution is 6.31. The van der Waals surface area contributed by atoms with E-state index in [-0.39, 0.29) is 5.41 Å². The molecule has 25 heavy (non-hydrogen) atoms. The fourth-order valence-electron chi connectivity index (χ4n) is 5.10. The van der Waals surface area contributed by atoms with Crippen molar-refractivity contribution in [3.05, 3.63) is 46.6 Å². The molecule has 3 rings (SSSR count). The SMILES string of the molecule is CCN1/C(=C\C=O)C(C)(Cc2ccccc2Cl)C2CC(OC)CCC21. The number of carbonyl (C=O) groups excluding carboxylic acids is 1. The molecule has 4 unspecified atom stereocenters. The number of benzene rings is 1. The van der Waals surface area contributed by atoms with Crippen LogP contribution in [0, 0.1) is 11.3 Å². The molecule has 1 heterocycles. The number of allylic oxidation sites excluding steroid dienone is 2. The average molecular weight is 362 g/mol. The van der Waals surface area contributed by atoms with Crippen LogP contribution in [0.1, 0.15) is 38.7 Å². The third kappa shape index (κ3) is 3.24. The van der Waals surface area contributed by atoms with E-state index >= 15 is 0 Å². The van der Waals surface area contributed by atoms with E-state index in [1.807, 2.05) is 25.3 Å². The minimum Gasteiger partial charge on any atom is -0.381 e. The van der Waals surface area contributed by atoms with Crippen LogP contribution in [0.3, 0.4) is 0 Å². The number of carbonyl (C=O) groups is 1. The summed E-state index contributed by atoms with van der Waals surface area (Å²) in [4.78, 5) is 13.8. The molecule has 2 aliphatic rings. The van der Waals surface area contributed by atoms with Gasteiger partial charge in [-0.25, -0.2) is 0 Å². The Hall–Kier alpha value is -1.32. The molecular weight excluding hydrogens is 334 g/mol. The van der Waals surface area contributed by atoms with Crippen molar-refractivity contribution >= 4 is 17.9 Å². The summed E-state index contributed by atoms with van der Waals surface area (Å²) in [5.74, 6) is 0.466. The minimum atomic E-state index is -0.107. The molecule has 1 aliphatic heterocycles. The molecule has 4 atom stereocenters. The van der Waals surface area contributed by atoms with E-state index in [1.165, 1.54) is 0 Å². The molecule has 0 amide bonds. The molecule has 0 aromatic heterocycles. The third-order valence-corrected chi connectivity index (χ3v) is 6.66. The number of likely N-dealkylation sites (tertiary alicyclic amines) is 1. The standard InChI is InChI=1S/C21H28ClNO2/c1-4-23-19-10-9-16(25-3)13-17(19)21(2,20(23)11-12-24)14-15-7-5-6-8-18(15)22/h5-8,11-12,16-17,19H,4,9-10,13-14H2,1-3H3/b20-11-. The largest absolute Gasteiger partial charge is 0.381 e. The Labute approximate surface area is 156 Å². The van der Waals surface area contributed by atoms with Crippen LogP contribution in [0.4, 0.5) is 0 Å². The predicted octanol–water partition coefficient (Wildman–Crippen LogP) is 4.49. The van der Waals surface area contributed by atoms with Crippen molar-refractivity contribution in [2.24, 2.45) is 11.3 Å². The summed E-state index contributed by atoms with van der Waals surface area (Å²) in [6.07, 6.45) is 7.11. The number of methoxy groups -OCH3 is 1. The molecule has 0 N–H and O–H groups in total. The molecule has 0 bridgehead atoms. The van der Waals surface area contributed by atoms with Gasteiger partial charge >= 0.3 is 0 Å². The van der Waals surface area contributed by atoms with Crippen molar-refractivity contribution in [2.75, 3.05) is 13.7 Å². The van der Waals surface area contributed by atoms with Gasteiger partial charge in [-0.15, -0.1) is 0 Å². The lowest BCUT2D eigenvalue weighted by molar-refractivity contribution is -0.104. The summed E-state index contributed by atoms with van der Waals surface area (Å²) in [6, 6.07) is 8.54. The summed E-state index contributed by atoms with van der Waals surface area (Å²) in [5.41, 5.74) is 2.21. The highest BCUT2D eigenvalue weighted by atomic mass is 35.5. The van der Waals surface area contributed by atoms with Gasteiger partial charge in [-0.3, -0.25) is 4.79 Å². The Balaban J connectivity index is 2.03. The van der Waals surface area contributed by atoms with Crippen LogP contribution in [0.25, 0.3) is 0 Å². The number of halogens is 1. The van der Waals surface area contributed by atoms with Gasteiger partial charge in [-0.05, 0) is 56.2 Å². The smallest absolute Gasteiger partial charge is 0.144 e. The lowest BCUT2D eigenvalue weighted by atomic mass is 9.66. The van der Waals surface area contributed by atoms with Crippen molar-refractivity contribution < 1.29 is 9.53 Å². The average Bonchev–Trinajstić information content (AvgIpc) is 2.85. The maximum absolute atomic E-state index is 11.4. The van der Waals surface area contributed by atoms with Gasteiger partial charge in [-0.2, -0.15) is 0 Å². The van der Waals surface area contributed by atoms with Gasteiger partial charge in [0.25, 0.3) is 0 Å². The molecule has 1 aliphatic carbocycles. The van der Waals surface area contributed by atoms with Crippen molar-refractivity contribution in [3.63, 3.8) is 0 Å². The maximum atomic E-state index is 11.4. The van der Waals surface area contributed by atoms with Gasteiger partial charge in [0.2, 0.25) is 0 Å². The topological polar surface area (TPSA) is 29.5 Å². The second-order valence-corrected chi connectivity index (χ2v) is 7.91. The second-order valence-electron chi connectivity index (χ2n) is 7.50. The Morgan fingerprint density at radius 2 is 2.12 bits per heavy atom. The number of hydrogen-bond acceptors (Lipinski definition) is 3. The Morgan fingerprint density at radius 3 is 2.76 bits per heavy atom. The van der Waals surface area contributed by atoms with Crippen LogP contribution in [0.2, 0.25) is 5.02 Å². The van der Waals surface area contributed by atoms with Crippen molar-refractivity contribution in [1.82, 2.24) is 4.90 Å². The lowest BCUT2D eigenvalue weighted by Gasteiger charge is -2.39. The highest BCUT2D eigenvalue weighted by Gasteiger charge is 2.54. The molecule has 1 aromatic rings. The molecule has 0 radical (unpaired) electrons. The predicted molar refractivity (Wildman–Crippen MR) is 102 cm³/mol. The van der Waals surface area contributed by atoms with Crippen LogP contribution in [0.15, 0.2) is 36.0 Å². The normalized spacial score (nSPS) is 33.5. The molecule has 0 spiro atoms. The molecule has 4 heteroatoms. The fourth-order valence-corrected chi connectivity index (χ4v) is 5.30. The van der Waals surface area contributed by atoms with E-state index in [1.54, 1.807) is 6.08 Å². The number of hydrogen-bond donors (Lipinski definition) is 0. The van der Waals surface area contributed by atoms with Gasteiger partial charge in [0.1, 0.15) is 6.29 Å². The van der Waals surface area contributed by atoms with E-state index < -0.39 is 0 Å². The van der Waals surface area contributed by atoms with Crippen molar-refractivity contribution in [2.45, 2.75) is 51.7 Å². The Bertz CT molecular complexity index is 659. The van der Waals surface area contributed by atoms with Crippen LogP contribution in [0.5, 0.6) is 0 Å². The van der Waals surface area contributed by atoms with E-state index in [9.17, 15) is 4.79 Å². The zero-order chi connectivity index (χ0) is 18.0. The summed E-state index contributed by atoms with van der Waals surface area (Å²) in [5, 5.41) is 0.805.